The number of nitrogens with zero attached hydrogens (tertiary/aromatic N) is 5. The predicted octanol–water partition coefficient (Wildman–Crippen LogP) is 4.94. The maximum atomic E-state index is 12.3. The fourth-order valence-electron chi connectivity index (χ4n) is 4.10. The first kappa shape index (κ1) is 22.7. The Balaban J connectivity index is 1.33. The smallest absolute Gasteiger partial charge is 0.324 e. The molecule has 1 aliphatic rings. The van der Waals surface area contributed by atoms with Crippen LogP contribution >= 0.6 is 7.60 Å². The molecule has 2 aromatic heterocycles. The van der Waals surface area contributed by atoms with E-state index in [0.717, 1.165) is 29.8 Å². The summed E-state index contributed by atoms with van der Waals surface area (Å²) in [5.74, 6) is 0.415. The lowest BCUT2D eigenvalue weighted by molar-refractivity contribution is 0.185. The zero-order valence-corrected chi connectivity index (χ0v) is 20.1. The van der Waals surface area contributed by atoms with E-state index in [-0.39, 0.29) is 12.3 Å². The van der Waals surface area contributed by atoms with E-state index in [1.54, 1.807) is 29.9 Å². The van der Waals surface area contributed by atoms with Crippen molar-refractivity contribution >= 4 is 30.4 Å². The summed E-state index contributed by atoms with van der Waals surface area (Å²) >= 11 is 0. The normalized spacial score (nSPS) is 15.7. The zero-order valence-electron chi connectivity index (χ0n) is 19.2. The fourth-order valence-corrected chi connectivity index (χ4v) is 5.56. The second kappa shape index (κ2) is 9.25. The highest BCUT2D eigenvalue weighted by Gasteiger charge is 2.22. The second-order valence-electron chi connectivity index (χ2n) is 8.65. The summed E-state index contributed by atoms with van der Waals surface area (Å²) in [6.45, 7) is 3.71. The van der Waals surface area contributed by atoms with Crippen LogP contribution in [0.2, 0.25) is 0 Å². The van der Waals surface area contributed by atoms with Crippen molar-refractivity contribution in [1.29, 1.82) is 0 Å². The van der Waals surface area contributed by atoms with Crippen molar-refractivity contribution in [1.82, 2.24) is 25.0 Å². The molecule has 0 radical (unpaired) electrons. The molecule has 4 aromatic rings. The molecule has 10 heteroatoms. The van der Waals surface area contributed by atoms with Crippen molar-refractivity contribution in [3.63, 3.8) is 0 Å². The lowest BCUT2D eigenvalue weighted by Crippen LogP contribution is -2.05. The summed E-state index contributed by atoms with van der Waals surface area (Å²) in [7, 11) is -3.69. The van der Waals surface area contributed by atoms with Gasteiger partial charge in [-0.3, -0.25) is 4.57 Å². The lowest BCUT2D eigenvalue weighted by Gasteiger charge is -2.16. The first-order chi connectivity index (χ1) is 16.4. The van der Waals surface area contributed by atoms with Gasteiger partial charge in [0.2, 0.25) is 5.95 Å². The SMILES string of the molecule is CCC(C)OP(=O)(O)Cc1ccc(Nc2ncc3nnn(-c4ccc5c(c4)CCC5)c3n2)cc1. The summed E-state index contributed by atoms with van der Waals surface area (Å²) in [6, 6.07) is 13.6. The molecular formula is C24H27N6O3P. The molecule has 0 saturated carbocycles. The quantitative estimate of drug-likeness (QED) is 0.342. The van der Waals surface area contributed by atoms with Gasteiger partial charge in [0.15, 0.2) is 11.2 Å². The van der Waals surface area contributed by atoms with E-state index in [0.29, 0.717) is 23.5 Å². The van der Waals surface area contributed by atoms with Crippen LogP contribution in [-0.4, -0.2) is 36.0 Å². The number of hydrogen-bond acceptors (Lipinski definition) is 7. The molecule has 0 amide bonds. The Kier molecular flexibility index (Phi) is 6.16. The van der Waals surface area contributed by atoms with Crippen LogP contribution in [0.1, 0.15) is 43.4 Å². The van der Waals surface area contributed by atoms with E-state index < -0.39 is 7.60 Å². The number of aryl methyl sites for hydroxylation is 2. The van der Waals surface area contributed by atoms with Gasteiger partial charge in [-0.05, 0) is 73.6 Å². The molecule has 2 heterocycles. The predicted molar refractivity (Wildman–Crippen MR) is 131 cm³/mol. The average Bonchev–Trinajstić information content (AvgIpc) is 3.46. The van der Waals surface area contributed by atoms with Gasteiger partial charge in [-0.15, -0.1) is 5.10 Å². The molecule has 0 spiro atoms. The topological polar surface area (TPSA) is 115 Å². The van der Waals surface area contributed by atoms with Gasteiger partial charge in [0.05, 0.1) is 24.2 Å². The Bertz CT molecular complexity index is 1370. The van der Waals surface area contributed by atoms with E-state index in [1.165, 1.54) is 17.5 Å². The van der Waals surface area contributed by atoms with Crippen molar-refractivity contribution in [2.45, 2.75) is 51.8 Å². The average molecular weight is 478 g/mol. The van der Waals surface area contributed by atoms with Crippen LogP contribution in [0.4, 0.5) is 11.6 Å². The summed E-state index contributed by atoms with van der Waals surface area (Å²) < 4.78 is 19.3. The minimum atomic E-state index is -3.69. The summed E-state index contributed by atoms with van der Waals surface area (Å²) in [6.07, 6.45) is 5.43. The third-order valence-electron chi connectivity index (χ3n) is 6.03. The molecule has 2 atom stereocenters. The molecule has 0 saturated heterocycles. The van der Waals surface area contributed by atoms with E-state index in [1.807, 2.05) is 19.1 Å². The maximum absolute atomic E-state index is 12.3. The number of nitrogens with one attached hydrogen (secondary N) is 1. The molecule has 34 heavy (non-hydrogen) atoms. The molecule has 9 nitrogen and oxygen atoms in total. The molecule has 0 fully saturated rings. The number of fused-ring (bicyclic) bond motifs is 2. The first-order valence-corrected chi connectivity index (χ1v) is 13.2. The highest BCUT2D eigenvalue weighted by molar-refractivity contribution is 7.52. The molecular weight excluding hydrogens is 451 g/mol. The highest BCUT2D eigenvalue weighted by atomic mass is 31.2. The van der Waals surface area contributed by atoms with Crippen molar-refractivity contribution in [2.24, 2.45) is 0 Å². The van der Waals surface area contributed by atoms with Gasteiger partial charge in [-0.1, -0.05) is 30.3 Å². The first-order valence-electron chi connectivity index (χ1n) is 11.5. The van der Waals surface area contributed by atoms with Crippen LogP contribution in [0.25, 0.3) is 16.9 Å². The van der Waals surface area contributed by atoms with Crippen molar-refractivity contribution in [3.8, 4) is 5.69 Å². The highest BCUT2D eigenvalue weighted by Crippen LogP contribution is 2.47. The monoisotopic (exact) mass is 478 g/mol. The van der Waals surface area contributed by atoms with Gasteiger partial charge < -0.3 is 14.7 Å². The van der Waals surface area contributed by atoms with Gasteiger partial charge in [0, 0.05) is 5.69 Å². The molecule has 2 unspecified atom stereocenters. The van der Waals surface area contributed by atoms with Gasteiger partial charge in [0.25, 0.3) is 0 Å². The molecule has 0 aliphatic heterocycles. The maximum Gasteiger partial charge on any atom is 0.332 e. The van der Waals surface area contributed by atoms with Gasteiger partial charge >= 0.3 is 7.60 Å². The van der Waals surface area contributed by atoms with E-state index >= 15 is 0 Å². The van der Waals surface area contributed by atoms with Crippen LogP contribution < -0.4 is 5.32 Å². The van der Waals surface area contributed by atoms with E-state index in [9.17, 15) is 9.46 Å². The molecule has 0 bridgehead atoms. The molecule has 1 aliphatic carbocycles. The summed E-state index contributed by atoms with van der Waals surface area (Å²) in [5, 5.41) is 11.7. The fraction of sp³-hybridized carbons (Fsp3) is 0.333. The summed E-state index contributed by atoms with van der Waals surface area (Å²) in [5.41, 5.74) is 6.40. The molecule has 5 rings (SSSR count). The number of hydrogen-bond donors (Lipinski definition) is 2. The van der Waals surface area contributed by atoms with Crippen LogP contribution in [-0.2, 0) is 28.1 Å². The largest absolute Gasteiger partial charge is 0.332 e. The van der Waals surface area contributed by atoms with Crippen molar-refractivity contribution in [3.05, 3.63) is 65.4 Å². The Labute approximate surface area is 197 Å². The van der Waals surface area contributed by atoms with E-state index in [4.69, 9.17) is 4.52 Å². The number of rotatable bonds is 8. The molecule has 2 N–H and O–H groups in total. The van der Waals surface area contributed by atoms with Crippen LogP contribution in [0.15, 0.2) is 48.7 Å². The molecule has 2 aromatic carbocycles. The third kappa shape index (κ3) is 4.87. The minimum Gasteiger partial charge on any atom is -0.324 e. The van der Waals surface area contributed by atoms with Crippen molar-refractivity contribution in [2.75, 3.05) is 5.32 Å². The lowest BCUT2D eigenvalue weighted by atomic mass is 10.1. The Hall–Kier alpha value is -3.13. The van der Waals surface area contributed by atoms with Gasteiger partial charge in [-0.2, -0.15) is 9.67 Å². The van der Waals surface area contributed by atoms with Crippen molar-refractivity contribution < 1.29 is 14.0 Å². The number of aromatic nitrogens is 5. The Morgan fingerprint density at radius 3 is 2.76 bits per heavy atom. The second-order valence-corrected chi connectivity index (χ2v) is 10.5. The van der Waals surface area contributed by atoms with Gasteiger partial charge in [0.1, 0.15) is 0 Å². The van der Waals surface area contributed by atoms with E-state index in [2.05, 4.69) is 43.8 Å². The molecule has 176 valence electrons. The van der Waals surface area contributed by atoms with Crippen LogP contribution in [0.5, 0.6) is 0 Å². The zero-order chi connectivity index (χ0) is 23.7. The standard InChI is InChI=1S/C24H27N6O3P/c1-3-16(2)33-34(31,32)15-17-7-10-20(11-8-17)26-24-25-14-22-23(27-24)30(29-28-22)21-12-9-18-5-4-6-19(18)13-21/h7-14,16H,3-6,15H2,1-2H3,(H,31,32)(H,25,26,27). The summed E-state index contributed by atoms with van der Waals surface area (Å²) in [4.78, 5) is 19.1. The third-order valence-corrected chi connectivity index (χ3v) is 7.49. The van der Waals surface area contributed by atoms with Crippen LogP contribution in [0.3, 0.4) is 0 Å². The van der Waals surface area contributed by atoms with Crippen LogP contribution in [0, 0.1) is 0 Å². The number of benzene rings is 2. The van der Waals surface area contributed by atoms with Gasteiger partial charge in [-0.25, -0.2) is 4.98 Å². The minimum absolute atomic E-state index is 0.0360. The Morgan fingerprint density at radius 2 is 1.97 bits per heavy atom. The number of anilines is 2. The Morgan fingerprint density at radius 1 is 1.18 bits per heavy atom.